The monoisotopic (exact) mass is 257 g/mol. The Morgan fingerprint density at radius 3 is 2.71 bits per heavy atom. The van der Waals surface area contributed by atoms with Gasteiger partial charge in [0.15, 0.2) is 0 Å². The second-order valence-electron chi connectivity index (χ2n) is 4.43. The highest BCUT2D eigenvalue weighted by atomic mass is 32.2. The highest BCUT2D eigenvalue weighted by Gasteiger charge is 2.23. The molecule has 17 heavy (non-hydrogen) atoms. The van der Waals surface area contributed by atoms with Crippen LogP contribution in [0.2, 0.25) is 0 Å². The number of thioether (sulfide) groups is 1. The van der Waals surface area contributed by atoms with E-state index in [-0.39, 0.29) is 24.4 Å². The van der Waals surface area contributed by atoms with Crippen LogP contribution in [0.5, 0.6) is 0 Å². The topological polar surface area (TPSA) is 61.4 Å². The number of nitrogens with one attached hydrogen (secondary N) is 2. The molecule has 1 atom stereocenters. The van der Waals surface area contributed by atoms with Gasteiger partial charge in [0.05, 0.1) is 12.6 Å². The second kappa shape index (κ2) is 6.26. The average Bonchev–Trinajstić information content (AvgIpc) is 2.90. The summed E-state index contributed by atoms with van der Waals surface area (Å²) in [6.45, 7) is 1.82. The molecule has 0 aromatic rings. The molecule has 2 heterocycles. The molecule has 6 heteroatoms. The molecule has 0 radical (unpaired) electrons. The quantitative estimate of drug-likeness (QED) is 0.734. The van der Waals surface area contributed by atoms with Gasteiger partial charge in [0.1, 0.15) is 0 Å². The first-order valence-corrected chi connectivity index (χ1v) is 7.29. The fourth-order valence-corrected chi connectivity index (χ4v) is 3.05. The Hall–Kier alpha value is -0.750. The van der Waals surface area contributed by atoms with Gasteiger partial charge in [-0.25, -0.2) is 0 Å². The average molecular weight is 257 g/mol. The Morgan fingerprint density at radius 1 is 1.29 bits per heavy atom. The van der Waals surface area contributed by atoms with Crippen molar-refractivity contribution in [3.8, 4) is 0 Å². The minimum atomic E-state index is -0.130. The van der Waals surface area contributed by atoms with Crippen molar-refractivity contribution in [2.45, 2.75) is 25.3 Å². The number of hydrogen-bond donors (Lipinski definition) is 2. The van der Waals surface area contributed by atoms with Gasteiger partial charge >= 0.3 is 0 Å². The number of hydrogen-bond acceptors (Lipinski definition) is 4. The third-order valence-corrected chi connectivity index (χ3v) is 4.10. The molecule has 2 saturated heterocycles. The van der Waals surface area contributed by atoms with Crippen molar-refractivity contribution in [1.29, 1.82) is 0 Å². The standard InChI is InChI=1S/C11H19N3O2S/c15-10(14-4-2-1-3-5-14)6-12-11(16)9-7-17-8-13-9/h9,13H,1-8H2,(H,12,16). The van der Waals surface area contributed by atoms with Crippen LogP contribution in [-0.4, -0.2) is 54.0 Å². The molecule has 2 rings (SSSR count). The Labute approximate surface area is 106 Å². The number of rotatable bonds is 3. The van der Waals surface area contributed by atoms with Crippen molar-refractivity contribution < 1.29 is 9.59 Å². The fraction of sp³-hybridized carbons (Fsp3) is 0.818. The largest absolute Gasteiger partial charge is 0.346 e. The molecule has 2 fully saturated rings. The first-order valence-electron chi connectivity index (χ1n) is 6.14. The normalized spacial score (nSPS) is 24.7. The zero-order valence-electron chi connectivity index (χ0n) is 9.91. The molecule has 0 aliphatic carbocycles. The molecule has 1 unspecified atom stereocenters. The van der Waals surface area contributed by atoms with Crippen LogP contribution in [0.1, 0.15) is 19.3 Å². The summed E-state index contributed by atoms with van der Waals surface area (Å²) in [5.41, 5.74) is 0. The molecule has 0 saturated carbocycles. The number of carbonyl (C=O) groups excluding carboxylic acids is 2. The Morgan fingerprint density at radius 2 is 2.06 bits per heavy atom. The molecule has 0 bridgehead atoms. The van der Waals surface area contributed by atoms with E-state index in [0.717, 1.165) is 37.6 Å². The Bertz CT molecular complexity index is 286. The third-order valence-electron chi connectivity index (χ3n) is 3.16. The molecule has 2 N–H and O–H groups in total. The van der Waals surface area contributed by atoms with Crippen LogP contribution in [0.3, 0.4) is 0 Å². The zero-order valence-corrected chi connectivity index (χ0v) is 10.7. The molecule has 2 amide bonds. The number of amides is 2. The van der Waals surface area contributed by atoms with E-state index >= 15 is 0 Å². The van der Waals surface area contributed by atoms with Gasteiger partial charge < -0.3 is 10.2 Å². The van der Waals surface area contributed by atoms with Crippen LogP contribution in [-0.2, 0) is 9.59 Å². The van der Waals surface area contributed by atoms with Crippen LogP contribution < -0.4 is 10.6 Å². The predicted octanol–water partition coefficient (Wildman–Crippen LogP) is -0.222. The molecule has 96 valence electrons. The van der Waals surface area contributed by atoms with E-state index in [4.69, 9.17) is 0 Å². The molecular formula is C11H19N3O2S. The van der Waals surface area contributed by atoms with Crippen molar-refractivity contribution in [2.24, 2.45) is 0 Å². The van der Waals surface area contributed by atoms with Gasteiger partial charge in [-0.15, -0.1) is 11.8 Å². The summed E-state index contributed by atoms with van der Waals surface area (Å²) >= 11 is 1.71. The van der Waals surface area contributed by atoms with Crippen molar-refractivity contribution >= 4 is 23.6 Å². The maximum atomic E-state index is 11.8. The fourth-order valence-electron chi connectivity index (χ4n) is 2.10. The van der Waals surface area contributed by atoms with Crippen LogP contribution in [0.25, 0.3) is 0 Å². The highest BCUT2D eigenvalue weighted by molar-refractivity contribution is 7.99. The molecular weight excluding hydrogens is 238 g/mol. The zero-order chi connectivity index (χ0) is 12.1. The van der Waals surface area contributed by atoms with E-state index in [2.05, 4.69) is 10.6 Å². The number of likely N-dealkylation sites (tertiary alicyclic amines) is 1. The van der Waals surface area contributed by atoms with Gasteiger partial charge in [-0.2, -0.15) is 0 Å². The molecule has 5 nitrogen and oxygen atoms in total. The Kier molecular flexibility index (Phi) is 4.67. The van der Waals surface area contributed by atoms with Gasteiger partial charge in [0.25, 0.3) is 0 Å². The number of nitrogens with zero attached hydrogens (tertiary/aromatic N) is 1. The van der Waals surface area contributed by atoms with Gasteiger partial charge in [0, 0.05) is 24.7 Å². The SMILES string of the molecule is O=C(NCC(=O)N1CCCCC1)C1CSCN1. The van der Waals surface area contributed by atoms with E-state index in [1.807, 2.05) is 4.90 Å². The highest BCUT2D eigenvalue weighted by Crippen LogP contribution is 2.10. The molecule has 0 aromatic carbocycles. The second-order valence-corrected chi connectivity index (χ2v) is 5.46. The van der Waals surface area contributed by atoms with Gasteiger partial charge in [-0.05, 0) is 19.3 Å². The van der Waals surface area contributed by atoms with E-state index in [1.54, 1.807) is 11.8 Å². The number of carbonyl (C=O) groups is 2. The third kappa shape index (κ3) is 3.61. The van der Waals surface area contributed by atoms with Crippen LogP contribution >= 0.6 is 11.8 Å². The van der Waals surface area contributed by atoms with Crippen LogP contribution in [0.4, 0.5) is 0 Å². The summed E-state index contributed by atoms with van der Waals surface area (Å²) in [5, 5.41) is 5.80. The summed E-state index contributed by atoms with van der Waals surface area (Å²) < 4.78 is 0. The van der Waals surface area contributed by atoms with E-state index in [9.17, 15) is 9.59 Å². The molecule has 2 aliphatic heterocycles. The maximum absolute atomic E-state index is 11.8. The van der Waals surface area contributed by atoms with Crippen molar-refractivity contribution in [2.75, 3.05) is 31.3 Å². The molecule has 0 aromatic heterocycles. The maximum Gasteiger partial charge on any atom is 0.241 e. The lowest BCUT2D eigenvalue weighted by molar-refractivity contribution is -0.133. The lowest BCUT2D eigenvalue weighted by atomic mass is 10.1. The first-order chi connectivity index (χ1) is 8.27. The molecule has 0 spiro atoms. The van der Waals surface area contributed by atoms with Crippen LogP contribution in [0, 0.1) is 0 Å². The van der Waals surface area contributed by atoms with Crippen molar-refractivity contribution in [3.05, 3.63) is 0 Å². The van der Waals surface area contributed by atoms with Crippen molar-refractivity contribution in [1.82, 2.24) is 15.5 Å². The summed E-state index contributed by atoms with van der Waals surface area (Å²) in [4.78, 5) is 25.3. The lowest BCUT2D eigenvalue weighted by Gasteiger charge is -2.26. The van der Waals surface area contributed by atoms with Crippen molar-refractivity contribution in [3.63, 3.8) is 0 Å². The number of piperidine rings is 1. The summed E-state index contributed by atoms with van der Waals surface area (Å²) in [5.74, 6) is 1.60. The summed E-state index contributed by atoms with van der Waals surface area (Å²) in [6.07, 6.45) is 3.38. The Balaban J connectivity index is 1.69. The van der Waals surface area contributed by atoms with Crippen LogP contribution in [0.15, 0.2) is 0 Å². The molecule has 2 aliphatic rings. The first kappa shape index (κ1) is 12.7. The van der Waals surface area contributed by atoms with E-state index < -0.39 is 0 Å². The van der Waals surface area contributed by atoms with E-state index in [0.29, 0.717) is 0 Å². The minimum absolute atomic E-state index is 0.0451. The smallest absolute Gasteiger partial charge is 0.241 e. The minimum Gasteiger partial charge on any atom is -0.346 e. The van der Waals surface area contributed by atoms with E-state index in [1.165, 1.54) is 6.42 Å². The summed E-state index contributed by atoms with van der Waals surface area (Å²) in [6, 6.07) is -0.130. The lowest BCUT2D eigenvalue weighted by Crippen LogP contribution is -2.47. The van der Waals surface area contributed by atoms with Gasteiger partial charge in [0.2, 0.25) is 11.8 Å². The predicted molar refractivity (Wildman–Crippen MR) is 67.7 cm³/mol. The summed E-state index contributed by atoms with van der Waals surface area (Å²) in [7, 11) is 0. The van der Waals surface area contributed by atoms with Gasteiger partial charge in [-0.3, -0.25) is 14.9 Å². The van der Waals surface area contributed by atoms with Gasteiger partial charge in [-0.1, -0.05) is 0 Å².